The van der Waals surface area contributed by atoms with Gasteiger partial charge in [-0.25, -0.2) is 4.79 Å². The Balaban J connectivity index is 1.18. The maximum absolute atomic E-state index is 11.8. The third kappa shape index (κ3) is 3.90. The summed E-state index contributed by atoms with van der Waals surface area (Å²) >= 11 is 0. The molecule has 160 valence electrons. The van der Waals surface area contributed by atoms with E-state index >= 15 is 0 Å². The van der Waals surface area contributed by atoms with E-state index in [9.17, 15) is 4.79 Å². The van der Waals surface area contributed by atoms with Crippen LogP contribution in [0, 0.1) is 5.41 Å². The van der Waals surface area contributed by atoms with E-state index in [2.05, 4.69) is 45.1 Å². The molecule has 3 aliphatic rings. The van der Waals surface area contributed by atoms with Gasteiger partial charge in [0.1, 0.15) is 6.10 Å². The van der Waals surface area contributed by atoms with Crippen LogP contribution >= 0.6 is 0 Å². The summed E-state index contributed by atoms with van der Waals surface area (Å²) in [4.78, 5) is 11.8. The lowest BCUT2D eigenvalue weighted by Crippen LogP contribution is -2.43. The Morgan fingerprint density at radius 2 is 2.07 bits per heavy atom. The summed E-state index contributed by atoms with van der Waals surface area (Å²) in [5.41, 5.74) is 5.40. The molecule has 7 heteroatoms. The first-order chi connectivity index (χ1) is 14.5. The highest BCUT2D eigenvalue weighted by Crippen LogP contribution is 2.43. The maximum Gasteiger partial charge on any atom is 0.407 e. The molecule has 2 heterocycles. The molecule has 5 rings (SSSR count). The average Bonchev–Trinajstić information content (AvgIpc) is 3.37. The fraction of sp³-hybridized carbons (Fsp3) is 0.565. The molecule has 1 aromatic carbocycles. The Hall–Kier alpha value is -2.54. The average molecular weight is 411 g/mol. The maximum atomic E-state index is 11.8. The van der Waals surface area contributed by atoms with Crippen LogP contribution < -0.4 is 10.6 Å². The lowest BCUT2D eigenvalue weighted by atomic mass is 9.83. The van der Waals surface area contributed by atoms with Gasteiger partial charge in [0.25, 0.3) is 0 Å². The lowest BCUT2D eigenvalue weighted by Gasteiger charge is -2.37. The van der Waals surface area contributed by atoms with Crippen LogP contribution in [0.5, 0.6) is 0 Å². The monoisotopic (exact) mass is 410 g/mol. The molecule has 1 saturated heterocycles. The molecule has 2 aromatic rings. The van der Waals surface area contributed by atoms with Crippen molar-refractivity contribution in [1.82, 2.24) is 15.5 Å². The van der Waals surface area contributed by atoms with E-state index in [-0.39, 0.29) is 18.2 Å². The minimum atomic E-state index is -0.325. The first-order valence-electron chi connectivity index (χ1n) is 11.0. The van der Waals surface area contributed by atoms with Gasteiger partial charge >= 0.3 is 6.09 Å². The van der Waals surface area contributed by atoms with Crippen LogP contribution in [0.2, 0.25) is 0 Å². The van der Waals surface area contributed by atoms with E-state index in [0.29, 0.717) is 11.3 Å². The number of H-pyrrole nitrogens is 1. The zero-order valence-electron chi connectivity index (χ0n) is 17.7. The Kier molecular flexibility index (Phi) is 4.93. The number of anilines is 2. The summed E-state index contributed by atoms with van der Waals surface area (Å²) in [6, 6.07) is 8.79. The molecule has 30 heavy (non-hydrogen) atoms. The molecular weight excluding hydrogens is 380 g/mol. The Morgan fingerprint density at radius 1 is 1.23 bits per heavy atom. The number of nitrogens with zero attached hydrogens (tertiary/aromatic N) is 1. The molecule has 1 unspecified atom stereocenters. The number of carbonyl (C=O) groups excluding carboxylic acids is 1. The summed E-state index contributed by atoms with van der Waals surface area (Å²) in [6.45, 7) is 5.63. The molecule has 2 fully saturated rings. The highest BCUT2D eigenvalue weighted by molar-refractivity contribution is 5.67. The van der Waals surface area contributed by atoms with Crippen molar-refractivity contribution in [2.24, 2.45) is 5.41 Å². The van der Waals surface area contributed by atoms with Gasteiger partial charge in [-0.05, 0) is 69.2 Å². The van der Waals surface area contributed by atoms with Crippen LogP contribution in [0.15, 0.2) is 24.3 Å². The van der Waals surface area contributed by atoms with Gasteiger partial charge in [0.15, 0.2) is 5.82 Å². The molecule has 2 atom stereocenters. The van der Waals surface area contributed by atoms with Crippen molar-refractivity contribution in [2.45, 2.75) is 64.0 Å². The topological polar surface area (TPSA) is 88.3 Å². The van der Waals surface area contributed by atoms with Crippen molar-refractivity contribution >= 4 is 17.6 Å². The van der Waals surface area contributed by atoms with Crippen LogP contribution in [0.4, 0.5) is 16.3 Å². The highest BCUT2D eigenvalue weighted by atomic mass is 16.6. The first kappa shape index (κ1) is 19.4. The number of alkyl carbamates (subject to hydrolysis) is 1. The van der Waals surface area contributed by atoms with Crippen LogP contribution in [-0.2, 0) is 22.3 Å². The molecule has 7 nitrogen and oxygen atoms in total. The zero-order chi connectivity index (χ0) is 20.7. The van der Waals surface area contributed by atoms with Gasteiger partial charge < -0.3 is 20.1 Å². The quantitative estimate of drug-likeness (QED) is 0.692. The predicted molar refractivity (Wildman–Crippen MR) is 114 cm³/mol. The summed E-state index contributed by atoms with van der Waals surface area (Å²) < 4.78 is 11.0. The molecule has 3 N–H and O–H groups in total. The third-order valence-corrected chi connectivity index (χ3v) is 6.53. The number of ether oxygens (including phenoxy) is 2. The third-order valence-electron chi connectivity index (χ3n) is 6.53. The van der Waals surface area contributed by atoms with E-state index in [1.54, 1.807) is 0 Å². The number of fused-ring (bicyclic) bond motifs is 1. The van der Waals surface area contributed by atoms with Crippen molar-refractivity contribution in [3.63, 3.8) is 0 Å². The highest BCUT2D eigenvalue weighted by Gasteiger charge is 2.43. The first-order valence-corrected chi connectivity index (χ1v) is 11.0. The van der Waals surface area contributed by atoms with Gasteiger partial charge in [-0.1, -0.05) is 6.07 Å². The van der Waals surface area contributed by atoms with E-state index in [4.69, 9.17) is 9.47 Å². The van der Waals surface area contributed by atoms with Crippen molar-refractivity contribution in [1.29, 1.82) is 0 Å². The summed E-state index contributed by atoms with van der Waals surface area (Å²) in [5, 5.41) is 13.9. The Morgan fingerprint density at radius 3 is 2.83 bits per heavy atom. The molecule has 1 amide bonds. The number of aromatic amines is 1. The minimum Gasteiger partial charge on any atom is -0.446 e. The molecule has 0 radical (unpaired) electrons. The van der Waals surface area contributed by atoms with Gasteiger partial charge in [0.2, 0.25) is 0 Å². The van der Waals surface area contributed by atoms with Crippen LogP contribution in [0.3, 0.4) is 0 Å². The number of carbonyl (C=O) groups is 1. The second kappa shape index (κ2) is 7.61. The van der Waals surface area contributed by atoms with E-state index < -0.39 is 0 Å². The Labute approximate surface area is 176 Å². The number of rotatable bonds is 5. The minimum absolute atomic E-state index is 0.0343. The standard InChI is InChI=1S/C23H30N4O3/c1-14(2)24-22(28)30-19-6-4-15(8-19)20-9-21(27-26-20)25-18-5-3-16-10-23(12-29-13-23)11-17(16)7-18/h3,5,7,9,14-15,19H,4,6,8,10-13H2,1-2H3,(H,24,28)(H2,25,26,27)/t15-,19?/m0/s1. The van der Waals surface area contributed by atoms with E-state index in [1.165, 1.54) is 11.1 Å². The van der Waals surface area contributed by atoms with Crippen molar-refractivity contribution in [3.8, 4) is 0 Å². The molecule has 2 aliphatic carbocycles. The number of amides is 1. The molecule has 1 aromatic heterocycles. The molecule has 1 saturated carbocycles. The van der Waals surface area contributed by atoms with Crippen LogP contribution in [-0.4, -0.2) is 41.7 Å². The molecule has 1 spiro atoms. The van der Waals surface area contributed by atoms with Crippen molar-refractivity contribution < 1.29 is 14.3 Å². The van der Waals surface area contributed by atoms with Crippen molar-refractivity contribution in [3.05, 3.63) is 41.1 Å². The lowest BCUT2D eigenvalue weighted by molar-refractivity contribution is -0.106. The summed E-state index contributed by atoms with van der Waals surface area (Å²) in [5.74, 6) is 1.16. The summed E-state index contributed by atoms with van der Waals surface area (Å²) in [7, 11) is 0. The second-order valence-corrected chi connectivity index (χ2v) is 9.50. The van der Waals surface area contributed by atoms with E-state index in [0.717, 1.165) is 62.5 Å². The number of aromatic nitrogens is 2. The Bertz CT molecular complexity index is 934. The van der Waals surface area contributed by atoms with Crippen LogP contribution in [0.25, 0.3) is 0 Å². The summed E-state index contributed by atoms with van der Waals surface area (Å²) in [6.07, 6.45) is 4.59. The fourth-order valence-corrected chi connectivity index (χ4v) is 5.01. The number of hydrogen-bond acceptors (Lipinski definition) is 5. The largest absolute Gasteiger partial charge is 0.446 e. The second-order valence-electron chi connectivity index (χ2n) is 9.50. The van der Waals surface area contributed by atoms with Gasteiger partial charge in [-0.15, -0.1) is 0 Å². The van der Waals surface area contributed by atoms with Gasteiger partial charge in [-0.3, -0.25) is 5.10 Å². The number of benzene rings is 1. The van der Waals surface area contributed by atoms with Gasteiger partial charge in [0, 0.05) is 34.8 Å². The normalized spacial score (nSPS) is 24.0. The van der Waals surface area contributed by atoms with Gasteiger partial charge in [-0.2, -0.15) is 5.10 Å². The number of hydrogen-bond donors (Lipinski definition) is 3. The molecule has 0 bridgehead atoms. The van der Waals surface area contributed by atoms with Crippen molar-refractivity contribution in [2.75, 3.05) is 18.5 Å². The van der Waals surface area contributed by atoms with Gasteiger partial charge in [0.05, 0.1) is 13.2 Å². The predicted octanol–water partition coefficient (Wildman–Crippen LogP) is 4.04. The van der Waals surface area contributed by atoms with Crippen LogP contribution in [0.1, 0.15) is 55.8 Å². The zero-order valence-corrected chi connectivity index (χ0v) is 17.7. The fourth-order valence-electron chi connectivity index (χ4n) is 5.01. The number of nitrogens with one attached hydrogen (secondary N) is 3. The molecular formula is C23H30N4O3. The van der Waals surface area contributed by atoms with E-state index in [1.807, 2.05) is 13.8 Å². The smallest absolute Gasteiger partial charge is 0.407 e. The SMILES string of the molecule is CC(C)NC(=O)OC1CC[C@H](c2cc(Nc3ccc4c(c3)CC3(COC3)C4)n[nH]2)C1. The molecule has 1 aliphatic heterocycles.